The summed E-state index contributed by atoms with van der Waals surface area (Å²) in [6.07, 6.45) is 3.34. The predicted molar refractivity (Wildman–Crippen MR) is 117 cm³/mol. The fourth-order valence-corrected chi connectivity index (χ4v) is 4.40. The molecule has 1 aliphatic heterocycles. The molecule has 0 spiro atoms. The molecule has 31 heavy (non-hydrogen) atoms. The summed E-state index contributed by atoms with van der Waals surface area (Å²) in [6.45, 7) is -0.454. The normalized spacial score (nSPS) is 20.4. The highest BCUT2D eigenvalue weighted by Crippen LogP contribution is 2.40. The van der Waals surface area contributed by atoms with E-state index in [1.165, 1.54) is 17.0 Å². The lowest BCUT2D eigenvalue weighted by Crippen LogP contribution is -2.31. The van der Waals surface area contributed by atoms with Crippen molar-refractivity contribution in [2.45, 2.75) is 25.7 Å². The van der Waals surface area contributed by atoms with Gasteiger partial charge in [0.05, 0.1) is 23.1 Å². The first-order valence-corrected chi connectivity index (χ1v) is 10.9. The Kier molecular flexibility index (Phi) is 6.18. The van der Waals surface area contributed by atoms with Gasteiger partial charge >= 0.3 is 5.97 Å². The first kappa shape index (κ1) is 21.2. The maximum Gasteiger partial charge on any atom is 0.338 e. The number of carbonyl (C=O) groups excluding carboxylic acids is 4. The van der Waals surface area contributed by atoms with Gasteiger partial charge in [-0.25, -0.2) is 4.79 Å². The zero-order valence-electron chi connectivity index (χ0n) is 16.7. The molecule has 8 heteroatoms. The molecule has 2 aliphatic rings. The van der Waals surface area contributed by atoms with Gasteiger partial charge in [-0.05, 0) is 55.3 Å². The lowest BCUT2D eigenvalue weighted by Gasteiger charge is -2.19. The first-order chi connectivity index (χ1) is 14.9. The van der Waals surface area contributed by atoms with Gasteiger partial charge < -0.3 is 10.1 Å². The number of fused-ring (bicyclic) bond motifs is 1. The van der Waals surface area contributed by atoms with Crippen LogP contribution in [0.3, 0.4) is 0 Å². The van der Waals surface area contributed by atoms with E-state index in [2.05, 4.69) is 21.2 Å². The third-order valence-corrected chi connectivity index (χ3v) is 6.17. The molecule has 1 N–H and O–H groups in total. The van der Waals surface area contributed by atoms with Crippen LogP contribution in [0.25, 0.3) is 0 Å². The maximum atomic E-state index is 12.8. The fourth-order valence-electron chi connectivity index (χ4n) is 4.13. The van der Waals surface area contributed by atoms with Crippen LogP contribution in [0.5, 0.6) is 0 Å². The molecule has 160 valence electrons. The molecule has 1 heterocycles. The van der Waals surface area contributed by atoms with Crippen LogP contribution in [-0.2, 0) is 19.1 Å². The van der Waals surface area contributed by atoms with E-state index in [0.717, 1.165) is 30.2 Å². The number of rotatable bonds is 5. The quantitative estimate of drug-likeness (QED) is 0.512. The number of amides is 3. The number of nitrogens with zero attached hydrogens (tertiary/aromatic N) is 1. The van der Waals surface area contributed by atoms with Gasteiger partial charge in [-0.1, -0.05) is 34.8 Å². The van der Waals surface area contributed by atoms with E-state index in [1.54, 1.807) is 36.4 Å². The smallest absolute Gasteiger partial charge is 0.338 e. The van der Waals surface area contributed by atoms with Crippen LogP contribution in [0.1, 0.15) is 36.0 Å². The van der Waals surface area contributed by atoms with Crippen molar-refractivity contribution in [3.05, 3.63) is 58.6 Å². The Balaban J connectivity index is 1.40. The van der Waals surface area contributed by atoms with Gasteiger partial charge in [-0.15, -0.1) is 0 Å². The summed E-state index contributed by atoms with van der Waals surface area (Å²) < 4.78 is 5.98. The molecular weight excluding hydrogens is 464 g/mol. The van der Waals surface area contributed by atoms with E-state index >= 15 is 0 Å². The summed E-state index contributed by atoms with van der Waals surface area (Å²) in [5.41, 5.74) is 1.11. The van der Waals surface area contributed by atoms with Crippen LogP contribution in [-0.4, -0.2) is 30.3 Å². The number of ether oxygens (including phenoxy) is 1. The Bertz CT molecular complexity index is 1010. The van der Waals surface area contributed by atoms with Crippen molar-refractivity contribution < 1.29 is 23.9 Å². The van der Waals surface area contributed by atoms with Crippen LogP contribution < -0.4 is 10.2 Å². The number of nitrogens with one attached hydrogen (secondary N) is 1. The standard InChI is InChI=1S/C23H21BrN2O5/c24-15-8-10-16(11-9-15)25-20(27)13-31-23(30)14-4-3-5-17(12-14)26-21(28)18-6-1-2-7-19(18)22(26)29/h3-5,8-12,18-19H,1-2,6-7,13H2,(H,25,27)/t18-,19-/m0/s1. The molecule has 0 bridgehead atoms. The zero-order valence-corrected chi connectivity index (χ0v) is 18.3. The van der Waals surface area contributed by atoms with Gasteiger partial charge in [-0.2, -0.15) is 0 Å². The van der Waals surface area contributed by atoms with Crippen LogP contribution in [0.15, 0.2) is 53.0 Å². The lowest BCUT2D eigenvalue weighted by atomic mass is 9.81. The Labute approximate surface area is 187 Å². The molecule has 2 fully saturated rings. The highest BCUT2D eigenvalue weighted by atomic mass is 79.9. The number of esters is 1. The molecule has 2 aromatic carbocycles. The van der Waals surface area contributed by atoms with Gasteiger partial charge in [0, 0.05) is 10.2 Å². The van der Waals surface area contributed by atoms with Gasteiger partial charge in [0.25, 0.3) is 5.91 Å². The monoisotopic (exact) mass is 484 g/mol. The van der Waals surface area contributed by atoms with E-state index in [1.807, 2.05) is 0 Å². The molecule has 0 aromatic heterocycles. The van der Waals surface area contributed by atoms with Gasteiger partial charge in [-0.3, -0.25) is 19.3 Å². The predicted octanol–water partition coefficient (Wildman–Crippen LogP) is 3.92. The molecule has 1 aliphatic carbocycles. The van der Waals surface area contributed by atoms with E-state index in [-0.39, 0.29) is 29.2 Å². The SMILES string of the molecule is O=C(COC(=O)c1cccc(N2C(=O)[C@H]3CCCC[C@@H]3C2=O)c1)Nc1ccc(Br)cc1. The summed E-state index contributed by atoms with van der Waals surface area (Å²) >= 11 is 3.31. The average Bonchev–Trinajstić information content (AvgIpc) is 3.04. The molecule has 1 saturated heterocycles. The second-order valence-corrected chi connectivity index (χ2v) is 8.61. The molecule has 2 atom stereocenters. The summed E-state index contributed by atoms with van der Waals surface area (Å²) in [6, 6.07) is 13.2. The highest BCUT2D eigenvalue weighted by molar-refractivity contribution is 9.10. The second-order valence-electron chi connectivity index (χ2n) is 7.69. The van der Waals surface area contributed by atoms with Crippen molar-refractivity contribution in [2.24, 2.45) is 11.8 Å². The summed E-state index contributed by atoms with van der Waals surface area (Å²) in [4.78, 5) is 51.2. The lowest BCUT2D eigenvalue weighted by molar-refractivity contribution is -0.122. The van der Waals surface area contributed by atoms with Crippen molar-refractivity contribution in [3.63, 3.8) is 0 Å². The summed E-state index contributed by atoms with van der Waals surface area (Å²) in [5, 5.41) is 2.64. The third-order valence-electron chi connectivity index (χ3n) is 5.64. The highest BCUT2D eigenvalue weighted by Gasteiger charge is 2.48. The zero-order chi connectivity index (χ0) is 22.0. The Morgan fingerprint density at radius 2 is 1.65 bits per heavy atom. The van der Waals surface area contributed by atoms with Crippen LogP contribution in [0.2, 0.25) is 0 Å². The molecular formula is C23H21BrN2O5. The minimum absolute atomic E-state index is 0.171. The molecule has 4 rings (SSSR count). The van der Waals surface area contributed by atoms with E-state index in [0.29, 0.717) is 11.4 Å². The minimum Gasteiger partial charge on any atom is -0.452 e. The van der Waals surface area contributed by atoms with Crippen LogP contribution in [0, 0.1) is 11.8 Å². The van der Waals surface area contributed by atoms with Crippen molar-refractivity contribution in [3.8, 4) is 0 Å². The third kappa shape index (κ3) is 4.54. The number of carbonyl (C=O) groups is 4. The number of hydrogen-bond donors (Lipinski definition) is 1. The van der Waals surface area contributed by atoms with Crippen molar-refractivity contribution in [2.75, 3.05) is 16.8 Å². The topological polar surface area (TPSA) is 92.8 Å². The number of imide groups is 1. The van der Waals surface area contributed by atoms with Gasteiger partial charge in [0.1, 0.15) is 0 Å². The van der Waals surface area contributed by atoms with Crippen molar-refractivity contribution >= 4 is 51.0 Å². The van der Waals surface area contributed by atoms with E-state index in [9.17, 15) is 19.2 Å². The number of hydrogen-bond acceptors (Lipinski definition) is 5. The summed E-state index contributed by atoms with van der Waals surface area (Å²) in [5.74, 6) is -2.10. The maximum absolute atomic E-state index is 12.8. The number of benzene rings is 2. The Hall–Kier alpha value is -3.00. The molecule has 7 nitrogen and oxygen atoms in total. The van der Waals surface area contributed by atoms with Crippen molar-refractivity contribution in [1.82, 2.24) is 0 Å². The molecule has 3 amide bonds. The van der Waals surface area contributed by atoms with Crippen LogP contribution in [0.4, 0.5) is 11.4 Å². The average molecular weight is 485 g/mol. The largest absolute Gasteiger partial charge is 0.452 e. The van der Waals surface area contributed by atoms with E-state index < -0.39 is 18.5 Å². The molecule has 2 aromatic rings. The summed E-state index contributed by atoms with van der Waals surface area (Å²) in [7, 11) is 0. The Morgan fingerprint density at radius 1 is 1.00 bits per heavy atom. The minimum atomic E-state index is -0.704. The first-order valence-electron chi connectivity index (χ1n) is 10.1. The molecule has 0 unspecified atom stereocenters. The Morgan fingerprint density at radius 3 is 2.29 bits per heavy atom. The van der Waals surface area contributed by atoms with E-state index in [4.69, 9.17) is 4.74 Å². The molecule has 0 radical (unpaired) electrons. The van der Waals surface area contributed by atoms with Gasteiger partial charge in [0.15, 0.2) is 6.61 Å². The fraction of sp³-hybridized carbons (Fsp3) is 0.304. The second kappa shape index (κ2) is 9.01. The molecule has 1 saturated carbocycles. The number of anilines is 2. The van der Waals surface area contributed by atoms with Crippen LogP contribution >= 0.6 is 15.9 Å². The van der Waals surface area contributed by atoms with Crippen molar-refractivity contribution in [1.29, 1.82) is 0 Å². The van der Waals surface area contributed by atoms with Gasteiger partial charge in [0.2, 0.25) is 11.8 Å². The number of halogens is 1.